The van der Waals surface area contributed by atoms with E-state index in [-0.39, 0.29) is 11.9 Å². The van der Waals surface area contributed by atoms with Gasteiger partial charge in [-0.25, -0.2) is 9.78 Å². The Balaban J connectivity index is 1.80. The summed E-state index contributed by atoms with van der Waals surface area (Å²) in [5.74, 6) is -0.613. The number of carboxylic acids is 1. The maximum atomic E-state index is 12.7. The van der Waals surface area contributed by atoms with Crippen LogP contribution >= 0.6 is 0 Å². The van der Waals surface area contributed by atoms with Crippen LogP contribution in [0.15, 0.2) is 24.7 Å². The zero-order valence-electron chi connectivity index (χ0n) is 15.9. The number of amides is 1. The average Bonchev–Trinajstić information content (AvgIpc) is 3.27. The predicted octanol–water partition coefficient (Wildman–Crippen LogP) is 1.89. The van der Waals surface area contributed by atoms with Crippen molar-refractivity contribution in [2.24, 2.45) is 5.41 Å². The lowest BCUT2D eigenvalue weighted by atomic mass is 9.85. The summed E-state index contributed by atoms with van der Waals surface area (Å²) in [6.07, 6.45) is 5.44. The molecule has 2 aromatic heterocycles. The highest BCUT2D eigenvalue weighted by molar-refractivity contribution is 6.01. The Bertz CT molecular complexity index is 962. The van der Waals surface area contributed by atoms with Crippen LogP contribution in [0.1, 0.15) is 33.6 Å². The molecule has 146 valence electrons. The van der Waals surface area contributed by atoms with Crippen LogP contribution in [0.3, 0.4) is 0 Å². The first-order valence-electron chi connectivity index (χ1n) is 8.85. The molecule has 1 atom stereocenters. The summed E-state index contributed by atoms with van der Waals surface area (Å²) in [5.41, 5.74) is -1.69. The number of aliphatic carboxylic acids is 1. The third-order valence-corrected chi connectivity index (χ3v) is 5.09. The van der Waals surface area contributed by atoms with Crippen LogP contribution in [-0.2, 0) is 15.1 Å². The Morgan fingerprint density at radius 2 is 2.25 bits per heavy atom. The maximum Gasteiger partial charge on any atom is 0.331 e. The van der Waals surface area contributed by atoms with Crippen molar-refractivity contribution in [3.8, 4) is 6.07 Å². The van der Waals surface area contributed by atoms with Gasteiger partial charge in [-0.05, 0) is 32.8 Å². The number of nitrogens with one attached hydrogen (secondary N) is 1. The van der Waals surface area contributed by atoms with Crippen molar-refractivity contribution < 1.29 is 14.7 Å². The second-order valence-corrected chi connectivity index (χ2v) is 7.16. The summed E-state index contributed by atoms with van der Waals surface area (Å²) < 4.78 is 1.33. The molecule has 0 aromatic carbocycles. The van der Waals surface area contributed by atoms with Crippen LogP contribution < -0.4 is 10.2 Å². The number of hydrogen-bond donors (Lipinski definition) is 2. The number of carbonyl (C=O) groups is 2. The Hall–Kier alpha value is -3.48. The van der Waals surface area contributed by atoms with Crippen molar-refractivity contribution in [3.05, 3.63) is 24.7 Å². The number of nitriles is 1. The van der Waals surface area contributed by atoms with Gasteiger partial charge in [0.15, 0.2) is 5.54 Å². The molecule has 0 bridgehead atoms. The smallest absolute Gasteiger partial charge is 0.331 e. The second-order valence-electron chi connectivity index (χ2n) is 7.16. The molecule has 1 saturated heterocycles. The molecule has 1 aliphatic heterocycles. The first kappa shape index (κ1) is 19.3. The van der Waals surface area contributed by atoms with E-state index >= 15 is 0 Å². The minimum absolute atomic E-state index is 0.240. The fourth-order valence-corrected chi connectivity index (χ4v) is 2.98. The van der Waals surface area contributed by atoms with Gasteiger partial charge >= 0.3 is 5.97 Å². The van der Waals surface area contributed by atoms with Gasteiger partial charge in [-0.15, -0.1) is 0 Å². The van der Waals surface area contributed by atoms with Crippen molar-refractivity contribution in [2.75, 3.05) is 16.8 Å². The Labute approximate surface area is 161 Å². The number of anilines is 3. The number of aromatic nitrogens is 4. The van der Waals surface area contributed by atoms with Crippen molar-refractivity contribution in [2.45, 2.75) is 39.2 Å². The molecule has 0 radical (unpaired) electrons. The molecule has 3 heterocycles. The summed E-state index contributed by atoms with van der Waals surface area (Å²) in [6, 6.07) is 3.76. The minimum atomic E-state index is -1.20. The molecule has 1 fully saturated rings. The highest BCUT2D eigenvalue weighted by atomic mass is 16.4. The fourth-order valence-electron chi connectivity index (χ4n) is 2.98. The van der Waals surface area contributed by atoms with Gasteiger partial charge in [0.2, 0.25) is 11.9 Å². The van der Waals surface area contributed by atoms with Gasteiger partial charge in [0.1, 0.15) is 11.2 Å². The van der Waals surface area contributed by atoms with Gasteiger partial charge in [0.05, 0.1) is 18.0 Å². The molecule has 2 aromatic rings. The van der Waals surface area contributed by atoms with Gasteiger partial charge in [0.25, 0.3) is 0 Å². The first-order chi connectivity index (χ1) is 13.2. The standard InChI is InChI=1S/C18H21N7O3/c1-4-18(11-19)6-8-24(14(18)26)13-5-7-20-16(23-13)22-12-9-21-25(10-12)17(2,3)15(27)28/h5,7,9-10H,4,6,8H2,1-3H3,(H,27,28)(H,20,22,23)/t18-/m1/s1. The van der Waals surface area contributed by atoms with Gasteiger partial charge in [0, 0.05) is 18.9 Å². The summed E-state index contributed by atoms with van der Waals surface area (Å²) in [4.78, 5) is 34.0. The first-order valence-corrected chi connectivity index (χ1v) is 8.85. The Kier molecular flexibility index (Phi) is 4.77. The van der Waals surface area contributed by atoms with E-state index in [0.717, 1.165) is 0 Å². The third kappa shape index (κ3) is 3.15. The number of hydrogen-bond acceptors (Lipinski definition) is 7. The molecule has 3 rings (SSSR count). The fraction of sp³-hybridized carbons (Fsp3) is 0.444. The summed E-state index contributed by atoms with van der Waals surface area (Å²) >= 11 is 0. The Morgan fingerprint density at radius 1 is 1.50 bits per heavy atom. The molecule has 10 nitrogen and oxygen atoms in total. The van der Waals surface area contributed by atoms with Crippen molar-refractivity contribution in [1.29, 1.82) is 5.26 Å². The SMILES string of the molecule is CC[C@]1(C#N)CCN(c2ccnc(Nc3cnn(C(C)(C)C(=O)O)c3)n2)C1=O. The molecule has 10 heteroatoms. The lowest BCUT2D eigenvalue weighted by Gasteiger charge is -2.19. The highest BCUT2D eigenvalue weighted by Gasteiger charge is 2.46. The monoisotopic (exact) mass is 383 g/mol. The largest absolute Gasteiger partial charge is 0.479 e. The molecule has 0 unspecified atom stereocenters. The van der Waals surface area contributed by atoms with Gasteiger partial charge in [-0.1, -0.05) is 6.92 Å². The zero-order valence-corrected chi connectivity index (χ0v) is 15.9. The van der Waals surface area contributed by atoms with Gasteiger partial charge in [-0.2, -0.15) is 15.3 Å². The molecule has 28 heavy (non-hydrogen) atoms. The minimum Gasteiger partial charge on any atom is -0.479 e. The van der Waals surface area contributed by atoms with Crippen LogP contribution in [0.2, 0.25) is 0 Å². The summed E-state index contributed by atoms with van der Waals surface area (Å²) in [6.45, 7) is 5.32. The molecule has 1 aliphatic rings. The van der Waals surface area contributed by atoms with Crippen LogP contribution in [-0.4, -0.2) is 43.3 Å². The summed E-state index contributed by atoms with van der Waals surface area (Å²) in [5, 5.41) is 25.7. The predicted molar refractivity (Wildman–Crippen MR) is 99.8 cm³/mol. The van der Waals surface area contributed by atoms with E-state index in [4.69, 9.17) is 0 Å². The van der Waals surface area contributed by atoms with E-state index < -0.39 is 16.9 Å². The zero-order chi connectivity index (χ0) is 20.5. The molecule has 0 aliphatic carbocycles. The number of carbonyl (C=O) groups excluding carboxylic acids is 1. The maximum absolute atomic E-state index is 12.7. The topological polar surface area (TPSA) is 137 Å². The van der Waals surface area contributed by atoms with E-state index in [2.05, 4.69) is 26.5 Å². The lowest BCUT2D eigenvalue weighted by Crippen LogP contribution is -2.35. The quantitative estimate of drug-likeness (QED) is 0.771. The second kappa shape index (κ2) is 6.92. The van der Waals surface area contributed by atoms with Crippen LogP contribution in [0.5, 0.6) is 0 Å². The van der Waals surface area contributed by atoms with Crippen molar-refractivity contribution >= 4 is 29.3 Å². The van der Waals surface area contributed by atoms with E-state index in [1.807, 2.05) is 6.92 Å². The molecule has 0 saturated carbocycles. The van der Waals surface area contributed by atoms with E-state index in [0.29, 0.717) is 30.9 Å². The molecule has 1 amide bonds. The van der Waals surface area contributed by atoms with Gasteiger partial charge < -0.3 is 10.4 Å². The van der Waals surface area contributed by atoms with Crippen LogP contribution in [0.25, 0.3) is 0 Å². The van der Waals surface area contributed by atoms with Gasteiger partial charge in [-0.3, -0.25) is 14.4 Å². The molecular formula is C18H21N7O3. The molecule has 2 N–H and O–H groups in total. The third-order valence-electron chi connectivity index (χ3n) is 5.09. The lowest BCUT2D eigenvalue weighted by molar-refractivity contribution is -0.146. The van der Waals surface area contributed by atoms with E-state index in [1.54, 1.807) is 12.3 Å². The average molecular weight is 383 g/mol. The molecular weight excluding hydrogens is 362 g/mol. The van der Waals surface area contributed by atoms with Crippen molar-refractivity contribution in [3.63, 3.8) is 0 Å². The highest BCUT2D eigenvalue weighted by Crippen LogP contribution is 2.36. The number of nitrogens with zero attached hydrogens (tertiary/aromatic N) is 6. The number of carboxylic acid groups (broad SMARTS) is 1. The normalized spacial score (nSPS) is 19.5. The molecule has 0 spiro atoms. The van der Waals surface area contributed by atoms with Crippen LogP contribution in [0, 0.1) is 16.7 Å². The summed E-state index contributed by atoms with van der Waals surface area (Å²) in [7, 11) is 0. The van der Waals surface area contributed by atoms with Crippen molar-refractivity contribution in [1.82, 2.24) is 19.7 Å². The number of rotatable bonds is 6. The van der Waals surface area contributed by atoms with E-state index in [1.165, 1.54) is 35.8 Å². The Morgan fingerprint density at radius 3 is 2.86 bits per heavy atom. The van der Waals surface area contributed by atoms with Crippen LogP contribution in [0.4, 0.5) is 17.5 Å². The van der Waals surface area contributed by atoms with E-state index in [9.17, 15) is 20.0 Å².